The average Bonchev–Trinajstić information content (AvgIpc) is 2.33. The van der Waals surface area contributed by atoms with Gasteiger partial charge in [-0.3, -0.25) is 13.9 Å². The number of nitrogens with two attached hydrogens (primary N) is 1. The topological polar surface area (TPSA) is 104 Å². The van der Waals surface area contributed by atoms with E-state index in [1.807, 2.05) is 0 Å². The number of hydrogen-bond acceptors (Lipinski definition) is 5. The maximum atomic E-state index is 11.9. The standard InChI is InChI=1S/C10H17N3O4S/c1-2-18(16,17)8-7-12-5-3-9(14)13(6-4-11)10(12)15/h3,5H,2,4,6-8,11H2,1H3. The van der Waals surface area contributed by atoms with E-state index in [-0.39, 0.29) is 31.1 Å². The van der Waals surface area contributed by atoms with Crippen LogP contribution in [0.4, 0.5) is 0 Å². The van der Waals surface area contributed by atoms with Gasteiger partial charge in [0.25, 0.3) is 5.56 Å². The van der Waals surface area contributed by atoms with Crippen LogP contribution < -0.4 is 17.0 Å². The second kappa shape index (κ2) is 5.96. The van der Waals surface area contributed by atoms with Crippen LogP contribution in [-0.2, 0) is 22.9 Å². The van der Waals surface area contributed by atoms with Crippen LogP contribution in [0.1, 0.15) is 6.92 Å². The summed E-state index contributed by atoms with van der Waals surface area (Å²) < 4.78 is 24.9. The summed E-state index contributed by atoms with van der Waals surface area (Å²) in [5, 5.41) is 0. The zero-order valence-electron chi connectivity index (χ0n) is 10.2. The van der Waals surface area contributed by atoms with Gasteiger partial charge in [0.2, 0.25) is 0 Å². The molecule has 18 heavy (non-hydrogen) atoms. The van der Waals surface area contributed by atoms with Crippen LogP contribution in [0.25, 0.3) is 0 Å². The van der Waals surface area contributed by atoms with Crippen molar-refractivity contribution in [1.29, 1.82) is 0 Å². The molecule has 0 unspecified atom stereocenters. The van der Waals surface area contributed by atoms with E-state index >= 15 is 0 Å². The lowest BCUT2D eigenvalue weighted by Crippen LogP contribution is -2.41. The van der Waals surface area contributed by atoms with Crippen LogP contribution in [0.3, 0.4) is 0 Å². The van der Waals surface area contributed by atoms with Crippen LogP contribution in [0.5, 0.6) is 0 Å². The molecule has 102 valence electrons. The molecule has 2 N–H and O–H groups in total. The Balaban J connectivity index is 3.02. The fraction of sp³-hybridized carbons (Fsp3) is 0.600. The Hall–Kier alpha value is -1.41. The highest BCUT2D eigenvalue weighted by Gasteiger charge is 2.10. The van der Waals surface area contributed by atoms with Crippen molar-refractivity contribution < 1.29 is 8.42 Å². The Morgan fingerprint density at radius 3 is 2.50 bits per heavy atom. The van der Waals surface area contributed by atoms with Crippen LogP contribution in [-0.4, -0.2) is 35.6 Å². The molecule has 0 amide bonds. The van der Waals surface area contributed by atoms with E-state index in [1.165, 1.54) is 16.8 Å². The first-order chi connectivity index (χ1) is 8.41. The van der Waals surface area contributed by atoms with Crippen LogP contribution in [0.2, 0.25) is 0 Å². The minimum atomic E-state index is -3.14. The van der Waals surface area contributed by atoms with Crippen molar-refractivity contribution in [1.82, 2.24) is 9.13 Å². The summed E-state index contributed by atoms with van der Waals surface area (Å²) in [6, 6.07) is 1.23. The molecule has 0 saturated carbocycles. The second-order valence-electron chi connectivity index (χ2n) is 3.81. The van der Waals surface area contributed by atoms with Crippen LogP contribution >= 0.6 is 0 Å². The first-order valence-corrected chi connectivity index (χ1v) is 7.44. The van der Waals surface area contributed by atoms with E-state index in [9.17, 15) is 18.0 Å². The molecule has 1 aromatic rings. The van der Waals surface area contributed by atoms with Crippen molar-refractivity contribution in [3.05, 3.63) is 33.1 Å². The molecule has 0 aliphatic carbocycles. The first kappa shape index (κ1) is 14.7. The van der Waals surface area contributed by atoms with Gasteiger partial charge >= 0.3 is 5.69 Å². The van der Waals surface area contributed by atoms with Crippen molar-refractivity contribution in [2.24, 2.45) is 5.73 Å². The van der Waals surface area contributed by atoms with E-state index in [0.717, 1.165) is 4.57 Å². The Labute approximate surface area is 105 Å². The lowest BCUT2D eigenvalue weighted by molar-refractivity contribution is 0.559. The van der Waals surface area contributed by atoms with Gasteiger partial charge in [-0.25, -0.2) is 13.2 Å². The molecule has 8 heteroatoms. The molecule has 0 aliphatic heterocycles. The molecule has 0 aromatic carbocycles. The summed E-state index contributed by atoms with van der Waals surface area (Å²) in [6.45, 7) is 1.89. The highest BCUT2D eigenvalue weighted by atomic mass is 32.2. The molecule has 0 aliphatic rings. The Morgan fingerprint density at radius 2 is 1.94 bits per heavy atom. The van der Waals surface area contributed by atoms with Gasteiger partial charge in [0.05, 0.1) is 5.75 Å². The molecule has 0 fully saturated rings. The van der Waals surface area contributed by atoms with Gasteiger partial charge in [-0.05, 0) is 0 Å². The van der Waals surface area contributed by atoms with Crippen molar-refractivity contribution >= 4 is 9.84 Å². The lowest BCUT2D eigenvalue weighted by Gasteiger charge is -2.08. The van der Waals surface area contributed by atoms with E-state index < -0.39 is 21.1 Å². The monoisotopic (exact) mass is 275 g/mol. The third-order valence-corrected chi connectivity index (χ3v) is 4.26. The Kier molecular flexibility index (Phi) is 4.85. The smallest absolute Gasteiger partial charge is 0.329 e. The van der Waals surface area contributed by atoms with E-state index in [4.69, 9.17) is 5.73 Å². The zero-order chi connectivity index (χ0) is 13.8. The minimum absolute atomic E-state index is 0.0319. The van der Waals surface area contributed by atoms with Gasteiger partial charge in [0.1, 0.15) is 0 Å². The van der Waals surface area contributed by atoms with Gasteiger partial charge in [-0.2, -0.15) is 0 Å². The summed E-state index contributed by atoms with van der Waals surface area (Å²) >= 11 is 0. The number of hydrogen-bond donors (Lipinski definition) is 1. The highest BCUT2D eigenvalue weighted by molar-refractivity contribution is 7.91. The SMILES string of the molecule is CCS(=O)(=O)CCn1ccc(=O)n(CCN)c1=O. The predicted octanol–water partition coefficient (Wildman–Crippen LogP) is -1.60. The van der Waals surface area contributed by atoms with E-state index in [0.29, 0.717) is 0 Å². The molecule has 0 spiro atoms. The van der Waals surface area contributed by atoms with Gasteiger partial charge in [0, 0.05) is 37.7 Å². The Bertz CT molecular complexity index is 615. The quantitative estimate of drug-likeness (QED) is 0.673. The summed E-state index contributed by atoms with van der Waals surface area (Å²) in [5.74, 6) is -0.0889. The number of sulfone groups is 1. The number of nitrogens with zero attached hydrogens (tertiary/aromatic N) is 2. The molecule has 1 rings (SSSR count). The zero-order valence-corrected chi connectivity index (χ0v) is 11.0. The molecule has 1 aromatic heterocycles. The highest BCUT2D eigenvalue weighted by Crippen LogP contribution is 1.91. The summed E-state index contributed by atoms with van der Waals surface area (Å²) in [4.78, 5) is 23.3. The molecule has 0 radical (unpaired) electrons. The summed E-state index contributed by atoms with van der Waals surface area (Å²) in [7, 11) is -3.14. The molecule has 0 atom stereocenters. The first-order valence-electron chi connectivity index (χ1n) is 5.62. The molecule has 0 bridgehead atoms. The maximum absolute atomic E-state index is 11.9. The van der Waals surface area contributed by atoms with Crippen LogP contribution in [0, 0.1) is 0 Å². The van der Waals surface area contributed by atoms with Gasteiger partial charge in [-0.15, -0.1) is 0 Å². The summed E-state index contributed by atoms with van der Waals surface area (Å²) in [6.07, 6.45) is 1.31. The molecular formula is C10H17N3O4S. The van der Waals surface area contributed by atoms with Gasteiger partial charge in [-0.1, -0.05) is 6.92 Å². The number of rotatable bonds is 6. The minimum Gasteiger partial charge on any atom is -0.329 e. The summed E-state index contributed by atoms with van der Waals surface area (Å²) in [5.41, 5.74) is 4.35. The van der Waals surface area contributed by atoms with Crippen LogP contribution in [0.15, 0.2) is 21.9 Å². The van der Waals surface area contributed by atoms with Crippen molar-refractivity contribution in [2.75, 3.05) is 18.1 Å². The number of aryl methyl sites for hydroxylation is 1. The fourth-order valence-corrected chi connectivity index (χ4v) is 2.21. The third-order valence-electron chi connectivity index (χ3n) is 2.58. The number of aromatic nitrogens is 2. The van der Waals surface area contributed by atoms with Crippen molar-refractivity contribution in [3.63, 3.8) is 0 Å². The van der Waals surface area contributed by atoms with Gasteiger partial charge < -0.3 is 5.73 Å². The largest absolute Gasteiger partial charge is 0.331 e. The predicted molar refractivity (Wildman–Crippen MR) is 68.3 cm³/mol. The lowest BCUT2D eigenvalue weighted by atomic mass is 10.5. The second-order valence-corrected chi connectivity index (χ2v) is 6.28. The normalized spacial score (nSPS) is 11.7. The molecule has 1 heterocycles. The average molecular weight is 275 g/mol. The molecule has 0 saturated heterocycles. The van der Waals surface area contributed by atoms with Crippen molar-refractivity contribution in [3.8, 4) is 0 Å². The third kappa shape index (κ3) is 3.54. The fourth-order valence-electron chi connectivity index (χ4n) is 1.44. The van der Waals surface area contributed by atoms with Crippen molar-refractivity contribution in [2.45, 2.75) is 20.0 Å². The molecule has 7 nitrogen and oxygen atoms in total. The Morgan fingerprint density at radius 1 is 1.28 bits per heavy atom. The van der Waals surface area contributed by atoms with Gasteiger partial charge in [0.15, 0.2) is 9.84 Å². The maximum Gasteiger partial charge on any atom is 0.331 e. The molecular weight excluding hydrogens is 258 g/mol. The van der Waals surface area contributed by atoms with E-state index in [1.54, 1.807) is 6.92 Å². The van der Waals surface area contributed by atoms with E-state index in [2.05, 4.69) is 0 Å².